The van der Waals surface area contributed by atoms with Crippen LogP contribution in [0.25, 0.3) is 0 Å². The van der Waals surface area contributed by atoms with Crippen molar-refractivity contribution in [1.29, 1.82) is 0 Å². The van der Waals surface area contributed by atoms with Gasteiger partial charge in [0.05, 0.1) is 32.0 Å². The van der Waals surface area contributed by atoms with E-state index < -0.39 is 86.8 Å². The molecule has 71 heavy (non-hydrogen) atoms. The molecule has 2 heterocycles. The summed E-state index contributed by atoms with van der Waals surface area (Å²) in [5.41, 5.74) is 0. The number of aliphatic hydroxyl groups is 8. The monoisotopic (exact) mass is 1010 g/mol. The number of rotatable bonds is 42. The molecule has 2 rings (SSSR count). The highest BCUT2D eigenvalue weighted by molar-refractivity contribution is 5.76. The summed E-state index contributed by atoms with van der Waals surface area (Å²) in [7, 11) is 0. The van der Waals surface area contributed by atoms with Crippen molar-refractivity contribution in [3.63, 3.8) is 0 Å². The number of amides is 1. The number of aliphatic hydroxyl groups excluding tert-OH is 8. The zero-order valence-corrected chi connectivity index (χ0v) is 43.7. The molecule has 1 amide bonds. The van der Waals surface area contributed by atoms with Crippen LogP contribution in [0.2, 0.25) is 0 Å². The van der Waals surface area contributed by atoms with E-state index in [4.69, 9.17) is 18.9 Å². The van der Waals surface area contributed by atoms with E-state index in [-0.39, 0.29) is 18.9 Å². The summed E-state index contributed by atoms with van der Waals surface area (Å²) in [6.45, 7) is 2.65. The van der Waals surface area contributed by atoms with E-state index in [2.05, 4.69) is 79.9 Å². The number of nitrogens with one attached hydrogen (secondary N) is 1. The Morgan fingerprint density at radius 3 is 1.49 bits per heavy atom. The third-order valence-corrected chi connectivity index (χ3v) is 13.1. The molecule has 12 atom stereocenters. The summed E-state index contributed by atoms with van der Waals surface area (Å²) in [6, 6.07) is -0.936. The van der Waals surface area contributed by atoms with Crippen LogP contribution in [0.3, 0.4) is 0 Å². The molecule has 14 heteroatoms. The molecule has 0 saturated carbocycles. The van der Waals surface area contributed by atoms with E-state index >= 15 is 0 Å². The van der Waals surface area contributed by atoms with Gasteiger partial charge in [-0.1, -0.05) is 189 Å². The smallest absolute Gasteiger partial charge is 0.220 e. The number of unbranched alkanes of at least 4 members (excludes halogenated alkanes) is 19. The number of carbonyl (C=O) groups is 1. The van der Waals surface area contributed by atoms with Gasteiger partial charge in [-0.2, -0.15) is 0 Å². The van der Waals surface area contributed by atoms with Crippen LogP contribution in [-0.2, 0) is 23.7 Å². The minimum absolute atomic E-state index is 0.239. The summed E-state index contributed by atoms with van der Waals surface area (Å²) >= 11 is 0. The number of carbonyl (C=O) groups excluding carboxylic acids is 1. The first-order valence-corrected chi connectivity index (χ1v) is 27.7. The average Bonchev–Trinajstić information content (AvgIpc) is 3.37. The highest BCUT2D eigenvalue weighted by atomic mass is 16.7. The van der Waals surface area contributed by atoms with Gasteiger partial charge < -0.3 is 65.1 Å². The maximum Gasteiger partial charge on any atom is 0.220 e. The molecule has 0 aromatic rings. The van der Waals surface area contributed by atoms with Crippen molar-refractivity contribution in [2.45, 2.75) is 261 Å². The van der Waals surface area contributed by atoms with Crippen LogP contribution in [-0.4, -0.2) is 140 Å². The fourth-order valence-corrected chi connectivity index (χ4v) is 8.67. The van der Waals surface area contributed by atoms with Gasteiger partial charge in [-0.05, 0) is 64.2 Å². The lowest BCUT2D eigenvalue weighted by Gasteiger charge is -2.46. The Balaban J connectivity index is 1.84. The van der Waals surface area contributed by atoms with Crippen LogP contribution in [0, 0.1) is 0 Å². The van der Waals surface area contributed by atoms with Gasteiger partial charge in [-0.25, -0.2) is 0 Å². The van der Waals surface area contributed by atoms with Crippen LogP contribution in [0.4, 0.5) is 0 Å². The first-order valence-electron chi connectivity index (χ1n) is 27.7. The van der Waals surface area contributed by atoms with Gasteiger partial charge in [0.25, 0.3) is 0 Å². The summed E-state index contributed by atoms with van der Waals surface area (Å²) < 4.78 is 22.7. The number of hydrogen-bond acceptors (Lipinski definition) is 13. The predicted octanol–water partition coefficient (Wildman–Crippen LogP) is 8.38. The molecule has 0 aromatic heterocycles. The Kier molecular flexibility index (Phi) is 38.9. The summed E-state index contributed by atoms with van der Waals surface area (Å²) in [5, 5.41) is 86.9. The highest BCUT2D eigenvalue weighted by Crippen LogP contribution is 2.30. The molecule has 14 nitrogen and oxygen atoms in total. The zero-order chi connectivity index (χ0) is 51.7. The molecule has 2 saturated heterocycles. The van der Waals surface area contributed by atoms with Crippen molar-refractivity contribution < 1.29 is 64.6 Å². The Bertz CT molecular complexity index is 1470. The van der Waals surface area contributed by atoms with Crippen molar-refractivity contribution in [3.8, 4) is 0 Å². The summed E-state index contributed by atoms with van der Waals surface area (Å²) in [5.74, 6) is -0.273. The van der Waals surface area contributed by atoms with Gasteiger partial charge in [0, 0.05) is 6.42 Å². The number of ether oxygens (including phenoxy) is 4. The quantitative estimate of drug-likeness (QED) is 0.0207. The van der Waals surface area contributed by atoms with Gasteiger partial charge >= 0.3 is 0 Å². The van der Waals surface area contributed by atoms with E-state index in [1.54, 1.807) is 6.08 Å². The van der Waals surface area contributed by atoms with E-state index in [1.165, 1.54) is 89.9 Å². The van der Waals surface area contributed by atoms with Crippen molar-refractivity contribution in [1.82, 2.24) is 5.32 Å². The normalized spacial score (nSPS) is 26.3. The van der Waals surface area contributed by atoms with Crippen molar-refractivity contribution in [2.24, 2.45) is 0 Å². The molecular weight excluding hydrogens is 907 g/mol. The molecule has 0 aromatic carbocycles. The lowest BCUT2D eigenvalue weighted by molar-refractivity contribution is -0.359. The Hall–Kier alpha value is -2.57. The third-order valence-electron chi connectivity index (χ3n) is 13.1. The fourth-order valence-electron chi connectivity index (χ4n) is 8.67. The SMILES string of the molecule is CC/C=C\C/C=C\C/C=C\C/C=C\C/C=C\CCCCCC(=O)NC(COC1OC(CO)C(OC2OC(CO)C(O)C(O)C2O)C(O)C1O)C(O)/C=C/CCCCCCCCCCCCCCCCCC. The van der Waals surface area contributed by atoms with Crippen molar-refractivity contribution in [3.05, 3.63) is 72.9 Å². The molecule has 12 unspecified atom stereocenters. The second kappa shape index (κ2) is 42.8. The second-order valence-electron chi connectivity index (χ2n) is 19.3. The van der Waals surface area contributed by atoms with Crippen LogP contribution in [0.15, 0.2) is 72.9 Å². The minimum Gasteiger partial charge on any atom is -0.394 e. The average molecular weight is 1010 g/mol. The molecule has 9 N–H and O–H groups in total. The van der Waals surface area contributed by atoms with E-state index in [0.717, 1.165) is 70.6 Å². The lowest BCUT2D eigenvalue weighted by Crippen LogP contribution is -2.65. The Labute approximate surface area is 428 Å². The van der Waals surface area contributed by atoms with Crippen LogP contribution in [0.5, 0.6) is 0 Å². The maximum atomic E-state index is 13.2. The van der Waals surface area contributed by atoms with Gasteiger partial charge in [0.15, 0.2) is 12.6 Å². The largest absolute Gasteiger partial charge is 0.394 e. The molecule has 0 aliphatic carbocycles. The number of allylic oxidation sites excluding steroid dienone is 11. The molecule has 2 aliphatic heterocycles. The van der Waals surface area contributed by atoms with Gasteiger partial charge in [0.1, 0.15) is 48.8 Å². The van der Waals surface area contributed by atoms with E-state index in [1.807, 2.05) is 6.08 Å². The third kappa shape index (κ3) is 29.2. The fraction of sp³-hybridized carbons (Fsp3) is 0.772. The topological polar surface area (TPSA) is 228 Å². The van der Waals surface area contributed by atoms with Gasteiger partial charge in [-0.3, -0.25) is 4.79 Å². The molecule has 0 bridgehead atoms. The molecule has 2 fully saturated rings. The van der Waals surface area contributed by atoms with Crippen LogP contribution in [0.1, 0.15) is 187 Å². The van der Waals surface area contributed by atoms with Gasteiger partial charge in [-0.15, -0.1) is 0 Å². The second-order valence-corrected chi connectivity index (χ2v) is 19.3. The first-order chi connectivity index (χ1) is 34.6. The molecular formula is C57H99NO13. The van der Waals surface area contributed by atoms with Gasteiger partial charge in [0.2, 0.25) is 5.91 Å². The summed E-state index contributed by atoms with van der Waals surface area (Å²) in [6.07, 6.45) is 37.9. The molecule has 410 valence electrons. The molecule has 0 radical (unpaired) electrons. The lowest BCUT2D eigenvalue weighted by atomic mass is 9.97. The number of hydrogen-bond donors (Lipinski definition) is 9. The minimum atomic E-state index is -1.79. The Morgan fingerprint density at radius 2 is 0.972 bits per heavy atom. The van der Waals surface area contributed by atoms with Crippen LogP contribution >= 0.6 is 0 Å². The van der Waals surface area contributed by atoms with E-state index in [0.29, 0.717) is 6.42 Å². The molecule has 2 aliphatic rings. The predicted molar refractivity (Wildman–Crippen MR) is 281 cm³/mol. The first kappa shape index (κ1) is 64.5. The van der Waals surface area contributed by atoms with E-state index in [9.17, 15) is 45.6 Å². The standard InChI is InChI=1S/C57H99NO13/c1-3-5-7-9-11-13-15-17-19-21-23-25-27-29-31-33-35-37-39-41-49(62)58-45(46(61)40-38-36-34-32-30-28-26-24-22-20-18-16-14-12-10-8-6-4-2)44-68-56-54(67)52(65)55(48(43-60)70-56)71-57-53(66)51(64)50(63)47(42-59)69-57/h5,7,11,13,17,19,23,25,29,31,38,40,45-48,50-57,59-61,63-67H,3-4,6,8-10,12,14-16,18,20-22,24,26-28,30,32-37,39,41-44H2,1-2H3,(H,58,62)/b7-5-,13-11-,19-17-,25-23-,31-29-,40-38+. The zero-order valence-electron chi connectivity index (χ0n) is 43.7. The maximum absolute atomic E-state index is 13.2. The van der Waals surface area contributed by atoms with Crippen LogP contribution < -0.4 is 5.32 Å². The van der Waals surface area contributed by atoms with Crippen molar-refractivity contribution in [2.75, 3.05) is 19.8 Å². The highest BCUT2D eigenvalue weighted by Gasteiger charge is 2.51. The summed E-state index contributed by atoms with van der Waals surface area (Å²) in [4.78, 5) is 13.2. The Morgan fingerprint density at radius 1 is 0.521 bits per heavy atom. The molecule has 0 spiro atoms. The van der Waals surface area contributed by atoms with Crippen molar-refractivity contribution >= 4 is 5.91 Å².